The van der Waals surface area contributed by atoms with Crippen molar-refractivity contribution in [3.8, 4) is 0 Å². The Morgan fingerprint density at radius 1 is 1.53 bits per heavy atom. The predicted octanol–water partition coefficient (Wildman–Crippen LogP) is 1.65. The number of rotatable bonds is 3. The largest absolute Gasteiger partial charge is 0.375 e. The van der Waals surface area contributed by atoms with Crippen molar-refractivity contribution in [3.63, 3.8) is 0 Å². The number of ether oxygens (including phenoxy) is 1. The first-order chi connectivity index (χ1) is 8.10. The fourth-order valence-corrected chi connectivity index (χ4v) is 2.77. The fraction of sp³-hybridized carbons (Fsp3) is 0.923. The molecule has 2 aliphatic rings. The van der Waals surface area contributed by atoms with E-state index in [2.05, 4.69) is 24.2 Å². The van der Waals surface area contributed by atoms with Crippen molar-refractivity contribution in [2.75, 3.05) is 13.2 Å². The van der Waals surface area contributed by atoms with Crippen LogP contribution in [0.1, 0.15) is 46.0 Å². The average Bonchev–Trinajstić information content (AvgIpc) is 2.24. The molecule has 0 aromatic rings. The standard InChI is InChI=1S/C13H25N3O/c1-10(2)16-12(14)15-9-11-4-7-17-13(8-11)5-3-6-13/h10-11H,3-9H2,1-2H3,(H3,14,15,16). The van der Waals surface area contributed by atoms with Gasteiger partial charge in [0.2, 0.25) is 0 Å². The third kappa shape index (κ3) is 3.35. The summed E-state index contributed by atoms with van der Waals surface area (Å²) in [6.07, 6.45) is 6.11. The van der Waals surface area contributed by atoms with Gasteiger partial charge in [0.15, 0.2) is 5.96 Å². The molecule has 1 aliphatic heterocycles. The molecular formula is C13H25N3O. The molecule has 0 radical (unpaired) electrons. The summed E-state index contributed by atoms with van der Waals surface area (Å²) in [5.41, 5.74) is 6.03. The van der Waals surface area contributed by atoms with Gasteiger partial charge in [-0.05, 0) is 51.9 Å². The molecule has 0 bridgehead atoms. The van der Waals surface area contributed by atoms with E-state index in [1.165, 1.54) is 25.7 Å². The Bertz CT molecular complexity index is 284. The second-order valence-electron chi connectivity index (χ2n) is 5.77. The van der Waals surface area contributed by atoms with Crippen molar-refractivity contribution in [1.29, 1.82) is 0 Å². The minimum atomic E-state index is 0.221. The van der Waals surface area contributed by atoms with Crippen molar-refractivity contribution >= 4 is 5.96 Å². The van der Waals surface area contributed by atoms with E-state index >= 15 is 0 Å². The first kappa shape index (κ1) is 12.7. The van der Waals surface area contributed by atoms with Gasteiger partial charge in [0.05, 0.1) is 5.60 Å². The lowest BCUT2D eigenvalue weighted by atomic mass is 9.72. The molecule has 0 aromatic carbocycles. The lowest BCUT2D eigenvalue weighted by molar-refractivity contribution is -0.141. The lowest BCUT2D eigenvalue weighted by Gasteiger charge is -2.47. The average molecular weight is 239 g/mol. The normalized spacial score (nSPS) is 28.2. The van der Waals surface area contributed by atoms with E-state index in [1.807, 2.05) is 0 Å². The second kappa shape index (κ2) is 5.25. The maximum absolute atomic E-state index is 5.91. The highest BCUT2D eigenvalue weighted by molar-refractivity contribution is 5.78. The van der Waals surface area contributed by atoms with Gasteiger partial charge in [-0.3, -0.25) is 4.99 Å². The second-order valence-corrected chi connectivity index (χ2v) is 5.77. The van der Waals surface area contributed by atoms with Crippen molar-refractivity contribution < 1.29 is 4.74 Å². The lowest BCUT2D eigenvalue weighted by Crippen LogP contribution is -2.46. The number of nitrogens with two attached hydrogens (primary N) is 1. The third-order valence-electron chi connectivity index (χ3n) is 3.82. The van der Waals surface area contributed by atoms with Crippen LogP contribution in [0.5, 0.6) is 0 Å². The van der Waals surface area contributed by atoms with E-state index in [4.69, 9.17) is 10.5 Å². The molecule has 0 amide bonds. The molecule has 1 heterocycles. The molecule has 17 heavy (non-hydrogen) atoms. The Hall–Kier alpha value is -0.770. The van der Waals surface area contributed by atoms with Crippen LogP contribution in [-0.4, -0.2) is 30.8 Å². The van der Waals surface area contributed by atoms with Crippen molar-refractivity contribution in [1.82, 2.24) is 5.32 Å². The molecule has 1 saturated heterocycles. The van der Waals surface area contributed by atoms with Crippen molar-refractivity contribution in [2.24, 2.45) is 16.6 Å². The number of guanidine groups is 1. The highest BCUT2D eigenvalue weighted by Gasteiger charge is 2.42. The van der Waals surface area contributed by atoms with E-state index < -0.39 is 0 Å². The van der Waals surface area contributed by atoms with Crippen LogP contribution in [0, 0.1) is 5.92 Å². The first-order valence-corrected chi connectivity index (χ1v) is 6.80. The Balaban J connectivity index is 1.78. The summed E-state index contributed by atoms with van der Waals surface area (Å²) < 4.78 is 5.91. The van der Waals surface area contributed by atoms with Crippen LogP contribution >= 0.6 is 0 Å². The predicted molar refractivity (Wildman–Crippen MR) is 70.0 cm³/mol. The smallest absolute Gasteiger partial charge is 0.188 e. The highest BCUT2D eigenvalue weighted by Crippen LogP contribution is 2.44. The Morgan fingerprint density at radius 3 is 2.88 bits per heavy atom. The molecule has 4 heteroatoms. The Kier molecular flexibility index (Phi) is 3.92. The van der Waals surface area contributed by atoms with Crippen LogP contribution in [0.15, 0.2) is 4.99 Å². The van der Waals surface area contributed by atoms with Gasteiger partial charge in [0.1, 0.15) is 0 Å². The molecule has 0 aromatic heterocycles. The van der Waals surface area contributed by atoms with Gasteiger partial charge < -0.3 is 15.8 Å². The monoisotopic (exact) mass is 239 g/mol. The topological polar surface area (TPSA) is 59.6 Å². The van der Waals surface area contributed by atoms with Gasteiger partial charge in [-0.15, -0.1) is 0 Å². The van der Waals surface area contributed by atoms with Crippen LogP contribution in [0.3, 0.4) is 0 Å². The molecule has 2 fully saturated rings. The number of hydrogen-bond acceptors (Lipinski definition) is 2. The maximum atomic E-state index is 5.91. The van der Waals surface area contributed by atoms with Gasteiger partial charge in [-0.1, -0.05) is 0 Å². The summed E-state index contributed by atoms with van der Waals surface area (Å²) in [5, 5.41) is 3.13. The summed E-state index contributed by atoms with van der Waals surface area (Å²) >= 11 is 0. The number of aliphatic imine (C=N–C) groups is 1. The molecule has 1 aliphatic carbocycles. The Morgan fingerprint density at radius 2 is 2.29 bits per heavy atom. The van der Waals surface area contributed by atoms with Crippen LogP contribution in [0.25, 0.3) is 0 Å². The molecular weight excluding hydrogens is 214 g/mol. The Labute approximate surface area is 104 Å². The molecule has 1 atom stereocenters. The SMILES string of the molecule is CC(C)NC(N)=NCC1CCOC2(CCC2)C1. The zero-order chi connectivity index (χ0) is 12.3. The van der Waals surface area contributed by atoms with E-state index in [0.29, 0.717) is 17.9 Å². The summed E-state index contributed by atoms with van der Waals surface area (Å²) in [6.45, 7) is 5.88. The number of nitrogens with zero attached hydrogens (tertiary/aromatic N) is 1. The molecule has 2 rings (SSSR count). The van der Waals surface area contributed by atoms with Crippen LogP contribution in [-0.2, 0) is 4.74 Å². The summed E-state index contributed by atoms with van der Waals surface area (Å²) in [5.74, 6) is 1.23. The number of hydrogen-bond donors (Lipinski definition) is 2. The van der Waals surface area contributed by atoms with E-state index in [0.717, 1.165) is 19.6 Å². The summed E-state index contributed by atoms with van der Waals surface area (Å²) in [7, 11) is 0. The molecule has 1 unspecified atom stereocenters. The van der Waals surface area contributed by atoms with Crippen LogP contribution in [0.2, 0.25) is 0 Å². The molecule has 3 N–H and O–H groups in total. The van der Waals surface area contributed by atoms with E-state index in [9.17, 15) is 0 Å². The first-order valence-electron chi connectivity index (χ1n) is 6.80. The van der Waals surface area contributed by atoms with Gasteiger partial charge in [0.25, 0.3) is 0 Å². The zero-order valence-electron chi connectivity index (χ0n) is 11.0. The quantitative estimate of drug-likeness (QED) is 0.581. The summed E-state index contributed by atoms with van der Waals surface area (Å²) in [6, 6.07) is 0.353. The minimum Gasteiger partial charge on any atom is -0.375 e. The molecule has 98 valence electrons. The minimum absolute atomic E-state index is 0.221. The zero-order valence-corrected chi connectivity index (χ0v) is 11.0. The summed E-state index contributed by atoms with van der Waals surface area (Å²) in [4.78, 5) is 4.44. The van der Waals surface area contributed by atoms with Gasteiger partial charge in [-0.25, -0.2) is 0 Å². The fourth-order valence-electron chi connectivity index (χ4n) is 2.77. The van der Waals surface area contributed by atoms with Gasteiger partial charge in [-0.2, -0.15) is 0 Å². The van der Waals surface area contributed by atoms with E-state index in [-0.39, 0.29) is 5.60 Å². The third-order valence-corrected chi connectivity index (χ3v) is 3.82. The molecule has 4 nitrogen and oxygen atoms in total. The molecule has 1 spiro atoms. The highest BCUT2D eigenvalue weighted by atomic mass is 16.5. The van der Waals surface area contributed by atoms with Crippen molar-refractivity contribution in [2.45, 2.75) is 57.6 Å². The van der Waals surface area contributed by atoms with E-state index in [1.54, 1.807) is 0 Å². The van der Waals surface area contributed by atoms with Crippen LogP contribution < -0.4 is 11.1 Å². The maximum Gasteiger partial charge on any atom is 0.188 e. The number of nitrogens with one attached hydrogen (secondary N) is 1. The van der Waals surface area contributed by atoms with Gasteiger partial charge in [0, 0.05) is 19.2 Å². The van der Waals surface area contributed by atoms with Gasteiger partial charge >= 0.3 is 0 Å². The van der Waals surface area contributed by atoms with Crippen LogP contribution in [0.4, 0.5) is 0 Å². The molecule has 1 saturated carbocycles. The van der Waals surface area contributed by atoms with Crippen molar-refractivity contribution in [3.05, 3.63) is 0 Å².